The molecule has 4 rings (SSSR count). The molecule has 0 radical (unpaired) electrons. The lowest BCUT2D eigenvalue weighted by Gasteiger charge is -2.14. The number of rotatable bonds is 4. The molecular weight excluding hydrogens is 384 g/mol. The highest BCUT2D eigenvalue weighted by Crippen LogP contribution is 2.29. The van der Waals surface area contributed by atoms with E-state index in [1.54, 1.807) is 24.3 Å². The summed E-state index contributed by atoms with van der Waals surface area (Å²) < 4.78 is 4.65. The molecule has 0 bridgehead atoms. The molecule has 0 saturated heterocycles. The number of amides is 3. The number of methoxy groups -OCH3 is 1. The van der Waals surface area contributed by atoms with Gasteiger partial charge in [0.05, 0.1) is 29.5 Å². The summed E-state index contributed by atoms with van der Waals surface area (Å²) in [6.45, 7) is 0. The van der Waals surface area contributed by atoms with Gasteiger partial charge in [0.25, 0.3) is 17.7 Å². The quantitative estimate of drug-likeness (QED) is 0.534. The molecule has 0 aromatic heterocycles. The predicted molar refractivity (Wildman–Crippen MR) is 110 cm³/mol. The zero-order valence-corrected chi connectivity index (χ0v) is 15.9. The third-order valence-corrected chi connectivity index (χ3v) is 4.73. The largest absolute Gasteiger partial charge is 0.465 e. The smallest absolute Gasteiger partial charge is 0.337 e. The van der Waals surface area contributed by atoms with E-state index < -0.39 is 17.8 Å². The second-order valence-corrected chi connectivity index (χ2v) is 6.56. The molecule has 0 aliphatic carbocycles. The van der Waals surface area contributed by atoms with E-state index in [1.165, 1.54) is 49.6 Å². The molecule has 0 saturated carbocycles. The van der Waals surface area contributed by atoms with Gasteiger partial charge in [-0.15, -0.1) is 0 Å². The van der Waals surface area contributed by atoms with Crippen LogP contribution >= 0.6 is 0 Å². The van der Waals surface area contributed by atoms with Crippen LogP contribution in [0.4, 0.5) is 11.4 Å². The minimum atomic E-state index is -0.532. The zero-order chi connectivity index (χ0) is 21.3. The molecule has 30 heavy (non-hydrogen) atoms. The second kappa shape index (κ2) is 7.63. The van der Waals surface area contributed by atoms with Gasteiger partial charge in [0.15, 0.2) is 0 Å². The Morgan fingerprint density at radius 3 is 2.10 bits per heavy atom. The SMILES string of the molecule is COC(=O)c1ccc(N2C(=O)c3ccc(C(=O)Nc4ccccc4)cc3C2=O)cc1. The lowest BCUT2D eigenvalue weighted by Crippen LogP contribution is -2.29. The summed E-state index contributed by atoms with van der Waals surface area (Å²) in [5.74, 6) is -1.92. The molecule has 3 aromatic rings. The fourth-order valence-corrected chi connectivity index (χ4v) is 3.21. The maximum atomic E-state index is 12.9. The number of anilines is 2. The van der Waals surface area contributed by atoms with Gasteiger partial charge in [-0.2, -0.15) is 0 Å². The second-order valence-electron chi connectivity index (χ2n) is 6.56. The average Bonchev–Trinajstić information content (AvgIpc) is 3.03. The fraction of sp³-hybridized carbons (Fsp3) is 0.0435. The molecule has 1 aliphatic heterocycles. The van der Waals surface area contributed by atoms with E-state index in [0.29, 0.717) is 16.9 Å². The van der Waals surface area contributed by atoms with Crippen molar-refractivity contribution in [2.24, 2.45) is 0 Å². The van der Waals surface area contributed by atoms with Crippen LogP contribution in [0.5, 0.6) is 0 Å². The molecule has 1 heterocycles. The summed E-state index contributed by atoms with van der Waals surface area (Å²) in [7, 11) is 1.27. The first-order valence-electron chi connectivity index (χ1n) is 9.07. The number of hydrogen-bond donors (Lipinski definition) is 1. The van der Waals surface area contributed by atoms with Crippen LogP contribution in [-0.2, 0) is 4.74 Å². The Morgan fingerprint density at radius 2 is 1.43 bits per heavy atom. The van der Waals surface area contributed by atoms with Gasteiger partial charge in [-0.1, -0.05) is 18.2 Å². The number of ether oxygens (including phenoxy) is 1. The van der Waals surface area contributed by atoms with Gasteiger partial charge in [0.1, 0.15) is 0 Å². The van der Waals surface area contributed by atoms with Gasteiger partial charge in [-0.05, 0) is 54.6 Å². The summed E-state index contributed by atoms with van der Waals surface area (Å²) >= 11 is 0. The number of esters is 1. The van der Waals surface area contributed by atoms with Crippen LogP contribution in [0.3, 0.4) is 0 Å². The van der Waals surface area contributed by atoms with Crippen molar-refractivity contribution in [3.8, 4) is 0 Å². The number of nitrogens with one attached hydrogen (secondary N) is 1. The monoisotopic (exact) mass is 400 g/mol. The van der Waals surface area contributed by atoms with Gasteiger partial charge < -0.3 is 10.1 Å². The standard InChI is InChI=1S/C23H16N2O5/c1-30-23(29)14-7-10-17(11-8-14)25-21(27)18-12-9-15(13-19(18)22(25)28)20(26)24-16-5-3-2-4-6-16/h2-13H,1H3,(H,24,26). The Bertz CT molecular complexity index is 1170. The van der Waals surface area contributed by atoms with Crippen molar-refractivity contribution < 1.29 is 23.9 Å². The molecule has 1 aliphatic rings. The van der Waals surface area contributed by atoms with Crippen LogP contribution in [0.2, 0.25) is 0 Å². The van der Waals surface area contributed by atoms with Crippen LogP contribution in [0.25, 0.3) is 0 Å². The number of hydrogen-bond acceptors (Lipinski definition) is 5. The normalized spacial score (nSPS) is 12.5. The van der Waals surface area contributed by atoms with Crippen LogP contribution in [-0.4, -0.2) is 30.8 Å². The Hall–Kier alpha value is -4.26. The summed E-state index contributed by atoms with van der Waals surface area (Å²) in [6, 6.07) is 19.3. The van der Waals surface area contributed by atoms with Crippen LogP contribution in [0.15, 0.2) is 72.8 Å². The lowest BCUT2D eigenvalue weighted by atomic mass is 10.1. The maximum absolute atomic E-state index is 12.9. The van der Waals surface area contributed by atoms with Crippen molar-refractivity contribution in [2.75, 3.05) is 17.3 Å². The molecular formula is C23H16N2O5. The molecule has 0 spiro atoms. The molecule has 148 valence electrons. The minimum Gasteiger partial charge on any atom is -0.465 e. The highest BCUT2D eigenvalue weighted by Gasteiger charge is 2.37. The van der Waals surface area contributed by atoms with Crippen LogP contribution in [0.1, 0.15) is 41.4 Å². The number of fused-ring (bicyclic) bond motifs is 1. The fourth-order valence-electron chi connectivity index (χ4n) is 3.21. The van der Waals surface area contributed by atoms with E-state index >= 15 is 0 Å². The third-order valence-electron chi connectivity index (χ3n) is 4.73. The first-order valence-corrected chi connectivity index (χ1v) is 9.07. The molecule has 3 aromatic carbocycles. The van der Waals surface area contributed by atoms with Gasteiger partial charge in [0, 0.05) is 11.3 Å². The van der Waals surface area contributed by atoms with Crippen molar-refractivity contribution in [1.29, 1.82) is 0 Å². The third kappa shape index (κ3) is 3.33. The number of benzene rings is 3. The number of carbonyl (C=O) groups is 4. The molecule has 1 N–H and O–H groups in total. The zero-order valence-electron chi connectivity index (χ0n) is 15.9. The van der Waals surface area contributed by atoms with Gasteiger partial charge in [0.2, 0.25) is 0 Å². The highest BCUT2D eigenvalue weighted by atomic mass is 16.5. The van der Waals surface area contributed by atoms with E-state index in [9.17, 15) is 19.2 Å². The van der Waals surface area contributed by atoms with E-state index in [0.717, 1.165) is 4.90 Å². The van der Waals surface area contributed by atoms with Crippen molar-refractivity contribution in [2.45, 2.75) is 0 Å². The Balaban J connectivity index is 1.60. The Kier molecular flexibility index (Phi) is 4.85. The Labute approximate surface area is 171 Å². The van der Waals surface area contributed by atoms with E-state index in [1.807, 2.05) is 6.07 Å². The van der Waals surface area contributed by atoms with Crippen LogP contribution in [0, 0.1) is 0 Å². The first-order chi connectivity index (χ1) is 14.5. The predicted octanol–water partition coefficient (Wildman–Crippen LogP) is 3.53. The van der Waals surface area contributed by atoms with Crippen molar-refractivity contribution in [3.63, 3.8) is 0 Å². The van der Waals surface area contributed by atoms with E-state index in [2.05, 4.69) is 10.1 Å². The topological polar surface area (TPSA) is 92.8 Å². The van der Waals surface area contributed by atoms with Crippen LogP contribution < -0.4 is 10.2 Å². The number of imide groups is 1. The number of carbonyl (C=O) groups excluding carboxylic acids is 4. The first kappa shape index (κ1) is 19.1. The number of nitrogens with zero attached hydrogens (tertiary/aromatic N) is 1. The minimum absolute atomic E-state index is 0.151. The molecule has 7 nitrogen and oxygen atoms in total. The Morgan fingerprint density at radius 1 is 0.800 bits per heavy atom. The summed E-state index contributed by atoms with van der Waals surface area (Å²) in [5.41, 5.74) is 1.88. The average molecular weight is 400 g/mol. The molecule has 7 heteroatoms. The summed E-state index contributed by atoms with van der Waals surface area (Å²) in [5, 5.41) is 2.75. The van der Waals surface area contributed by atoms with Crippen molar-refractivity contribution in [3.05, 3.63) is 95.1 Å². The summed E-state index contributed by atoms with van der Waals surface area (Å²) in [4.78, 5) is 50.8. The molecule has 0 atom stereocenters. The number of para-hydroxylation sites is 1. The molecule has 0 fully saturated rings. The van der Waals surface area contributed by atoms with Crippen molar-refractivity contribution in [1.82, 2.24) is 0 Å². The van der Waals surface area contributed by atoms with E-state index in [-0.39, 0.29) is 22.6 Å². The molecule has 0 unspecified atom stereocenters. The maximum Gasteiger partial charge on any atom is 0.337 e. The lowest BCUT2D eigenvalue weighted by molar-refractivity contribution is 0.0600. The van der Waals surface area contributed by atoms with E-state index in [4.69, 9.17) is 0 Å². The summed E-state index contributed by atoms with van der Waals surface area (Å²) in [6.07, 6.45) is 0. The van der Waals surface area contributed by atoms with Gasteiger partial charge in [-0.25, -0.2) is 9.69 Å². The highest BCUT2D eigenvalue weighted by molar-refractivity contribution is 6.34. The van der Waals surface area contributed by atoms with Crippen molar-refractivity contribution >= 4 is 35.1 Å². The van der Waals surface area contributed by atoms with Gasteiger partial charge in [-0.3, -0.25) is 14.4 Å². The molecule has 3 amide bonds. The van der Waals surface area contributed by atoms with Gasteiger partial charge >= 0.3 is 5.97 Å².